The van der Waals surface area contributed by atoms with Crippen molar-refractivity contribution in [1.29, 1.82) is 0 Å². The van der Waals surface area contributed by atoms with Gasteiger partial charge in [-0.25, -0.2) is 19.7 Å². The zero-order valence-corrected chi connectivity index (χ0v) is 19.6. The molecule has 3 atom stereocenters. The van der Waals surface area contributed by atoms with E-state index in [1.807, 2.05) is 0 Å². The van der Waals surface area contributed by atoms with Gasteiger partial charge in [-0.15, -0.1) is 0 Å². The Morgan fingerprint density at radius 3 is 2.89 bits per heavy atom. The van der Waals surface area contributed by atoms with Gasteiger partial charge in [-0.05, 0) is 25.2 Å². The molecular formula is C22H29N7O6. The molecule has 0 spiro atoms. The first-order chi connectivity index (χ1) is 16.9. The molecule has 2 amide bonds. The van der Waals surface area contributed by atoms with Gasteiger partial charge < -0.3 is 30.4 Å². The van der Waals surface area contributed by atoms with Crippen molar-refractivity contribution >= 4 is 29.0 Å². The lowest BCUT2D eigenvalue weighted by molar-refractivity contribution is -0.134. The number of imidazole rings is 1. The Hall–Kier alpha value is -3.47. The van der Waals surface area contributed by atoms with Crippen molar-refractivity contribution in [3.8, 4) is 11.8 Å². The minimum absolute atomic E-state index is 0.0964. The number of rotatable bonds is 8. The van der Waals surface area contributed by atoms with E-state index < -0.39 is 24.5 Å². The molecule has 2 aliphatic rings. The molecule has 1 saturated carbocycles. The first kappa shape index (κ1) is 24.6. The van der Waals surface area contributed by atoms with Gasteiger partial charge in [0.25, 0.3) is 0 Å². The number of fused-ring (bicyclic) bond motifs is 1. The molecule has 1 aliphatic heterocycles. The van der Waals surface area contributed by atoms with Crippen LogP contribution in [0.4, 0.5) is 10.6 Å². The van der Waals surface area contributed by atoms with Crippen molar-refractivity contribution in [2.75, 3.05) is 39.6 Å². The fourth-order valence-electron chi connectivity index (χ4n) is 3.75. The molecule has 1 aliphatic carbocycles. The second-order valence-electron chi connectivity index (χ2n) is 8.40. The van der Waals surface area contributed by atoms with Crippen LogP contribution in [0.2, 0.25) is 0 Å². The number of anilines is 1. The molecule has 2 aromatic heterocycles. The number of carbonyl (C=O) groups is 2. The summed E-state index contributed by atoms with van der Waals surface area (Å²) in [6.45, 7) is 1.01. The summed E-state index contributed by atoms with van der Waals surface area (Å²) in [6, 6.07) is 0.195. The number of nitrogens with one attached hydrogen (secondary N) is 1. The van der Waals surface area contributed by atoms with E-state index in [4.69, 9.17) is 19.9 Å². The highest BCUT2D eigenvalue weighted by molar-refractivity contribution is 5.83. The van der Waals surface area contributed by atoms with Crippen molar-refractivity contribution in [2.45, 2.75) is 50.2 Å². The van der Waals surface area contributed by atoms with Gasteiger partial charge in [-0.2, -0.15) is 0 Å². The molecule has 2 aromatic rings. The molecule has 3 heterocycles. The van der Waals surface area contributed by atoms with Crippen LogP contribution in [-0.4, -0.2) is 93.7 Å². The third-order valence-corrected chi connectivity index (χ3v) is 5.71. The van der Waals surface area contributed by atoms with Gasteiger partial charge in [-0.3, -0.25) is 14.3 Å². The molecule has 4 rings (SSSR count). The number of amides is 2. The predicted molar refractivity (Wildman–Crippen MR) is 123 cm³/mol. The van der Waals surface area contributed by atoms with Gasteiger partial charge >= 0.3 is 6.09 Å². The highest BCUT2D eigenvalue weighted by atomic mass is 16.5. The van der Waals surface area contributed by atoms with Crippen LogP contribution < -0.4 is 11.1 Å². The Morgan fingerprint density at radius 1 is 1.37 bits per heavy atom. The van der Waals surface area contributed by atoms with Crippen LogP contribution in [0, 0.1) is 11.8 Å². The third kappa shape index (κ3) is 5.79. The number of nitrogen functional groups attached to an aromatic ring is 1. The van der Waals surface area contributed by atoms with Crippen molar-refractivity contribution in [1.82, 2.24) is 29.7 Å². The average molecular weight is 488 g/mol. The molecule has 0 radical (unpaired) electrons. The minimum Gasteiger partial charge on any atom is -0.453 e. The Bertz CT molecular complexity index is 1140. The number of ether oxygens (including phenoxy) is 3. The maximum Gasteiger partial charge on any atom is 0.410 e. The van der Waals surface area contributed by atoms with Crippen molar-refractivity contribution in [3.05, 3.63) is 12.2 Å². The highest BCUT2D eigenvalue weighted by Gasteiger charge is 2.41. The van der Waals surface area contributed by atoms with Crippen LogP contribution in [0.25, 0.3) is 11.2 Å². The average Bonchev–Trinajstić information content (AvgIpc) is 3.41. The van der Waals surface area contributed by atoms with E-state index in [0.29, 0.717) is 30.7 Å². The first-order valence-corrected chi connectivity index (χ1v) is 11.4. The SMILES string of the molecule is COCCCN(CC#Cc1nc(N)c2ncn([C@@H]3O[C@H](C(=O)NC4CC4)C[C@@H]3O)c2n1)C(=O)OC. The molecule has 188 valence electrons. The van der Waals surface area contributed by atoms with E-state index in [-0.39, 0.29) is 36.6 Å². The third-order valence-electron chi connectivity index (χ3n) is 5.71. The maximum absolute atomic E-state index is 12.4. The van der Waals surface area contributed by atoms with Gasteiger partial charge in [0.05, 0.1) is 20.0 Å². The largest absolute Gasteiger partial charge is 0.453 e. The summed E-state index contributed by atoms with van der Waals surface area (Å²) in [4.78, 5) is 38.6. The van der Waals surface area contributed by atoms with E-state index in [9.17, 15) is 14.7 Å². The molecule has 4 N–H and O–H groups in total. The maximum atomic E-state index is 12.4. The van der Waals surface area contributed by atoms with Gasteiger partial charge in [0, 0.05) is 32.7 Å². The number of hydrogen-bond acceptors (Lipinski definition) is 10. The normalized spacial score (nSPS) is 21.4. The monoisotopic (exact) mass is 487 g/mol. The fourth-order valence-corrected chi connectivity index (χ4v) is 3.75. The van der Waals surface area contributed by atoms with Crippen molar-refractivity contribution in [3.63, 3.8) is 0 Å². The van der Waals surface area contributed by atoms with E-state index >= 15 is 0 Å². The smallest absolute Gasteiger partial charge is 0.410 e. The number of aliphatic hydroxyl groups excluding tert-OH is 1. The van der Waals surface area contributed by atoms with Crippen molar-refractivity contribution < 1.29 is 28.9 Å². The Morgan fingerprint density at radius 2 is 2.17 bits per heavy atom. The molecular weight excluding hydrogens is 458 g/mol. The molecule has 0 aromatic carbocycles. The second kappa shape index (κ2) is 10.9. The van der Waals surface area contributed by atoms with E-state index in [2.05, 4.69) is 32.1 Å². The van der Waals surface area contributed by atoms with E-state index in [1.54, 1.807) is 7.11 Å². The van der Waals surface area contributed by atoms with Crippen molar-refractivity contribution in [2.24, 2.45) is 0 Å². The lowest BCUT2D eigenvalue weighted by Gasteiger charge is -2.18. The zero-order chi connectivity index (χ0) is 24.9. The lowest BCUT2D eigenvalue weighted by Crippen LogP contribution is -2.35. The van der Waals surface area contributed by atoms with Crippen LogP contribution in [0.1, 0.15) is 37.7 Å². The van der Waals surface area contributed by atoms with Gasteiger partial charge in [0.2, 0.25) is 11.7 Å². The fraction of sp³-hybridized carbons (Fsp3) is 0.591. The molecule has 2 fully saturated rings. The quantitative estimate of drug-likeness (QED) is 0.335. The summed E-state index contributed by atoms with van der Waals surface area (Å²) < 4.78 is 17.2. The summed E-state index contributed by atoms with van der Waals surface area (Å²) in [6.07, 6.45) is 1.08. The van der Waals surface area contributed by atoms with Gasteiger partial charge in [0.1, 0.15) is 17.7 Å². The minimum atomic E-state index is -0.936. The lowest BCUT2D eigenvalue weighted by atomic mass is 10.2. The predicted octanol–water partition coefficient (Wildman–Crippen LogP) is -0.208. The standard InChI is InChI=1S/C22H29N7O6/c1-33-10-4-9-28(22(32)34-2)8-3-5-16-26-18(23)17-19(27-16)29(12-24-17)21-14(30)11-15(35-21)20(31)25-13-6-7-13/h12-15,21,30H,4,6-11H2,1-2H3,(H,25,31)(H2,23,26,27)/t14-,15-,21+/m0/s1. The van der Waals surface area contributed by atoms with E-state index in [0.717, 1.165) is 12.8 Å². The van der Waals surface area contributed by atoms with Crippen LogP contribution in [0.3, 0.4) is 0 Å². The van der Waals surface area contributed by atoms with Gasteiger partial charge in [-0.1, -0.05) is 5.92 Å². The zero-order valence-electron chi connectivity index (χ0n) is 19.6. The number of methoxy groups -OCH3 is 2. The van der Waals surface area contributed by atoms with Crippen LogP contribution in [0.5, 0.6) is 0 Å². The van der Waals surface area contributed by atoms with E-state index in [1.165, 1.54) is 22.9 Å². The van der Waals surface area contributed by atoms with Crippen LogP contribution in [-0.2, 0) is 19.0 Å². The molecule has 1 saturated heterocycles. The molecule has 35 heavy (non-hydrogen) atoms. The second-order valence-corrected chi connectivity index (χ2v) is 8.40. The first-order valence-electron chi connectivity index (χ1n) is 11.4. The summed E-state index contributed by atoms with van der Waals surface area (Å²) in [5, 5.41) is 13.5. The Labute approximate surface area is 201 Å². The number of aromatic nitrogens is 4. The molecule has 13 nitrogen and oxygen atoms in total. The molecule has 13 heteroatoms. The summed E-state index contributed by atoms with van der Waals surface area (Å²) in [7, 11) is 2.89. The van der Waals surface area contributed by atoms with Crippen LogP contribution >= 0.6 is 0 Å². The van der Waals surface area contributed by atoms with Gasteiger partial charge in [0.15, 0.2) is 17.7 Å². The number of aliphatic hydroxyl groups is 1. The topological polar surface area (TPSA) is 167 Å². The summed E-state index contributed by atoms with van der Waals surface area (Å²) in [5.41, 5.74) is 6.71. The van der Waals surface area contributed by atoms with Crippen LogP contribution in [0.15, 0.2) is 6.33 Å². The highest BCUT2D eigenvalue weighted by Crippen LogP contribution is 2.32. The summed E-state index contributed by atoms with van der Waals surface area (Å²) in [5.74, 6) is 5.67. The number of hydrogen-bond donors (Lipinski definition) is 3. The summed E-state index contributed by atoms with van der Waals surface area (Å²) >= 11 is 0. The number of nitrogens with zero attached hydrogens (tertiary/aromatic N) is 5. The molecule has 0 bridgehead atoms. The number of nitrogens with two attached hydrogens (primary N) is 1. The Balaban J connectivity index is 1.51. The number of carbonyl (C=O) groups excluding carboxylic acids is 2. The Kier molecular flexibility index (Phi) is 7.64. The molecule has 0 unspecified atom stereocenters.